The summed E-state index contributed by atoms with van der Waals surface area (Å²) in [6.45, 7) is 0.196. The fraction of sp³-hybridized carbons (Fsp3) is 0.0588. The molecule has 0 saturated heterocycles. The van der Waals surface area contributed by atoms with E-state index in [1.165, 1.54) is 6.07 Å². The van der Waals surface area contributed by atoms with Crippen molar-refractivity contribution >= 4 is 22.4 Å². The first kappa shape index (κ1) is 14.8. The van der Waals surface area contributed by atoms with Crippen LogP contribution in [0.2, 0.25) is 0 Å². The Kier molecular flexibility index (Phi) is 3.80. The second-order valence-electron chi connectivity index (χ2n) is 5.01. The van der Waals surface area contributed by atoms with Crippen LogP contribution in [-0.2, 0) is 6.54 Å². The number of carboxylic acids is 1. The minimum Gasteiger partial charge on any atom is -0.478 e. The Morgan fingerprint density at radius 1 is 1.17 bits per heavy atom. The first-order valence-electron chi connectivity index (χ1n) is 6.93. The highest BCUT2D eigenvalue weighted by Crippen LogP contribution is 2.21. The normalized spacial score (nSPS) is 10.7. The first-order valence-corrected chi connectivity index (χ1v) is 6.93. The highest BCUT2D eigenvalue weighted by Gasteiger charge is 2.11. The van der Waals surface area contributed by atoms with Crippen molar-refractivity contribution in [1.82, 2.24) is 4.98 Å². The molecule has 1 heterocycles. The number of carbonyl (C=O) groups is 1. The van der Waals surface area contributed by atoms with E-state index in [0.29, 0.717) is 11.3 Å². The van der Waals surface area contributed by atoms with Crippen LogP contribution >= 0.6 is 0 Å². The van der Waals surface area contributed by atoms with Gasteiger partial charge in [-0.05, 0) is 23.8 Å². The molecule has 0 saturated carbocycles. The molecule has 0 fully saturated rings. The zero-order chi connectivity index (χ0) is 16.4. The summed E-state index contributed by atoms with van der Waals surface area (Å²) >= 11 is 0. The Labute approximate surface area is 130 Å². The Bertz CT molecular complexity index is 950. The summed E-state index contributed by atoms with van der Waals surface area (Å²) in [6.07, 6.45) is 1.03. The van der Waals surface area contributed by atoms with Crippen molar-refractivity contribution in [2.45, 2.75) is 6.54 Å². The van der Waals surface area contributed by atoms with Crippen molar-refractivity contribution in [1.29, 1.82) is 0 Å². The van der Waals surface area contributed by atoms with Crippen molar-refractivity contribution in [2.75, 3.05) is 5.32 Å². The second-order valence-corrected chi connectivity index (χ2v) is 5.01. The standard InChI is InChI=1S/C17H13FN2O3/c18-13-9-20-16(21)12-6-3-4-10(15(12)13)8-19-14-7-2-1-5-11(14)17(22)23/h1-7,9,19H,8H2,(H,20,21)(H,22,23). The molecule has 0 radical (unpaired) electrons. The molecule has 0 amide bonds. The van der Waals surface area contributed by atoms with Gasteiger partial charge in [0, 0.05) is 23.8 Å². The Morgan fingerprint density at radius 2 is 1.96 bits per heavy atom. The Morgan fingerprint density at radius 3 is 2.74 bits per heavy atom. The molecule has 0 unspecified atom stereocenters. The van der Waals surface area contributed by atoms with Gasteiger partial charge in [0.2, 0.25) is 0 Å². The molecule has 0 aliphatic carbocycles. The molecule has 0 aliphatic rings. The van der Waals surface area contributed by atoms with Crippen molar-refractivity contribution in [3.63, 3.8) is 0 Å². The van der Waals surface area contributed by atoms with E-state index >= 15 is 0 Å². The number of aromatic nitrogens is 1. The number of pyridine rings is 1. The molecule has 2 aromatic carbocycles. The summed E-state index contributed by atoms with van der Waals surface area (Å²) in [7, 11) is 0. The van der Waals surface area contributed by atoms with Crippen molar-refractivity contribution in [2.24, 2.45) is 0 Å². The average Bonchev–Trinajstić information content (AvgIpc) is 2.56. The van der Waals surface area contributed by atoms with Gasteiger partial charge in [0.15, 0.2) is 0 Å². The number of aromatic amines is 1. The number of fused-ring (bicyclic) bond motifs is 1. The lowest BCUT2D eigenvalue weighted by Gasteiger charge is -2.11. The highest BCUT2D eigenvalue weighted by atomic mass is 19.1. The summed E-state index contributed by atoms with van der Waals surface area (Å²) < 4.78 is 14.1. The number of para-hydroxylation sites is 1. The number of nitrogens with one attached hydrogen (secondary N) is 2. The summed E-state index contributed by atoms with van der Waals surface area (Å²) in [5, 5.41) is 12.7. The van der Waals surface area contributed by atoms with Gasteiger partial charge in [0.1, 0.15) is 5.82 Å². The van der Waals surface area contributed by atoms with Gasteiger partial charge >= 0.3 is 5.97 Å². The van der Waals surface area contributed by atoms with E-state index < -0.39 is 11.8 Å². The molecule has 0 atom stereocenters. The van der Waals surface area contributed by atoms with Crippen LogP contribution in [0, 0.1) is 5.82 Å². The maximum atomic E-state index is 14.1. The maximum absolute atomic E-state index is 14.1. The minimum atomic E-state index is -1.05. The van der Waals surface area contributed by atoms with Gasteiger partial charge in [0.05, 0.1) is 10.9 Å². The number of anilines is 1. The number of halogens is 1. The van der Waals surface area contributed by atoms with Gasteiger partial charge < -0.3 is 15.4 Å². The second kappa shape index (κ2) is 5.92. The smallest absolute Gasteiger partial charge is 0.337 e. The molecule has 3 aromatic rings. The van der Waals surface area contributed by atoms with Gasteiger partial charge in [-0.3, -0.25) is 4.79 Å². The number of hydrogen-bond acceptors (Lipinski definition) is 3. The van der Waals surface area contributed by atoms with Crippen LogP contribution in [0.3, 0.4) is 0 Å². The van der Waals surface area contributed by atoms with Crippen LogP contribution in [0.15, 0.2) is 53.5 Å². The number of carboxylic acid groups (broad SMARTS) is 1. The van der Waals surface area contributed by atoms with Gasteiger partial charge in [-0.2, -0.15) is 0 Å². The third-order valence-corrected chi connectivity index (χ3v) is 3.59. The predicted octanol–water partition coefficient (Wildman–Crippen LogP) is 2.98. The number of aromatic carboxylic acids is 1. The highest BCUT2D eigenvalue weighted by molar-refractivity contribution is 5.94. The summed E-state index contributed by atoms with van der Waals surface area (Å²) in [6, 6.07) is 11.4. The third-order valence-electron chi connectivity index (χ3n) is 3.59. The van der Waals surface area contributed by atoms with E-state index in [9.17, 15) is 14.0 Å². The number of rotatable bonds is 4. The van der Waals surface area contributed by atoms with Crippen LogP contribution < -0.4 is 10.9 Å². The lowest BCUT2D eigenvalue weighted by atomic mass is 10.1. The lowest BCUT2D eigenvalue weighted by Crippen LogP contribution is -2.10. The maximum Gasteiger partial charge on any atom is 0.337 e. The average molecular weight is 312 g/mol. The fourth-order valence-corrected chi connectivity index (χ4v) is 2.51. The number of hydrogen-bond donors (Lipinski definition) is 3. The van der Waals surface area contributed by atoms with Gasteiger partial charge in [-0.15, -0.1) is 0 Å². The molecule has 0 spiro atoms. The Hall–Kier alpha value is -3.15. The largest absolute Gasteiger partial charge is 0.478 e. The lowest BCUT2D eigenvalue weighted by molar-refractivity contribution is 0.0698. The summed E-state index contributed by atoms with van der Waals surface area (Å²) in [5.41, 5.74) is 0.772. The van der Waals surface area contributed by atoms with Crippen molar-refractivity contribution in [3.05, 3.63) is 76.0 Å². The molecule has 3 rings (SSSR count). The van der Waals surface area contributed by atoms with Gasteiger partial charge in [-0.25, -0.2) is 9.18 Å². The zero-order valence-electron chi connectivity index (χ0n) is 12.0. The van der Waals surface area contributed by atoms with E-state index in [0.717, 1.165) is 6.20 Å². The molecule has 1 aromatic heterocycles. The van der Waals surface area contributed by atoms with Crippen LogP contribution in [0.4, 0.5) is 10.1 Å². The molecule has 23 heavy (non-hydrogen) atoms. The van der Waals surface area contributed by atoms with Crippen LogP contribution in [0.25, 0.3) is 10.8 Å². The van der Waals surface area contributed by atoms with Crippen molar-refractivity contribution in [3.8, 4) is 0 Å². The molecular formula is C17H13FN2O3. The van der Waals surface area contributed by atoms with Crippen LogP contribution in [0.1, 0.15) is 15.9 Å². The zero-order valence-corrected chi connectivity index (χ0v) is 12.0. The van der Waals surface area contributed by atoms with Crippen molar-refractivity contribution < 1.29 is 14.3 Å². The van der Waals surface area contributed by atoms with Gasteiger partial charge in [-0.1, -0.05) is 24.3 Å². The van der Waals surface area contributed by atoms with E-state index in [1.807, 2.05) is 0 Å². The minimum absolute atomic E-state index is 0.131. The Balaban J connectivity index is 1.99. The molecule has 6 heteroatoms. The first-order chi connectivity index (χ1) is 11.1. The number of benzene rings is 2. The number of H-pyrrole nitrogens is 1. The fourth-order valence-electron chi connectivity index (χ4n) is 2.51. The molecule has 5 nitrogen and oxygen atoms in total. The monoisotopic (exact) mass is 312 g/mol. The summed E-state index contributed by atoms with van der Waals surface area (Å²) in [5.74, 6) is -1.57. The topological polar surface area (TPSA) is 82.2 Å². The molecule has 3 N–H and O–H groups in total. The summed E-state index contributed by atoms with van der Waals surface area (Å²) in [4.78, 5) is 25.3. The SMILES string of the molecule is O=C(O)c1ccccc1NCc1cccc2c(=O)[nH]cc(F)c12. The van der Waals surface area contributed by atoms with Gasteiger partial charge in [0.25, 0.3) is 5.56 Å². The van der Waals surface area contributed by atoms with E-state index in [-0.39, 0.29) is 28.4 Å². The predicted molar refractivity (Wildman–Crippen MR) is 85.3 cm³/mol. The van der Waals surface area contributed by atoms with E-state index in [1.54, 1.807) is 36.4 Å². The van der Waals surface area contributed by atoms with Crippen LogP contribution in [-0.4, -0.2) is 16.1 Å². The molecule has 116 valence electrons. The third kappa shape index (κ3) is 2.78. The van der Waals surface area contributed by atoms with E-state index in [2.05, 4.69) is 10.3 Å². The molecule has 0 bridgehead atoms. The molecular weight excluding hydrogens is 299 g/mol. The van der Waals surface area contributed by atoms with Crippen LogP contribution in [0.5, 0.6) is 0 Å². The molecule has 0 aliphatic heterocycles. The quantitative estimate of drug-likeness (QED) is 0.691. The van der Waals surface area contributed by atoms with E-state index in [4.69, 9.17) is 5.11 Å².